The molecule has 0 bridgehead atoms. The summed E-state index contributed by atoms with van der Waals surface area (Å²) in [5.74, 6) is -0.289. The highest BCUT2D eigenvalue weighted by Gasteiger charge is 2.24. The molecule has 1 saturated heterocycles. The van der Waals surface area contributed by atoms with Crippen molar-refractivity contribution in [1.29, 1.82) is 0 Å². The molecule has 1 heterocycles. The van der Waals surface area contributed by atoms with Crippen LogP contribution in [0, 0.1) is 12.7 Å². The van der Waals surface area contributed by atoms with Gasteiger partial charge >= 0.3 is 0 Å². The van der Waals surface area contributed by atoms with Crippen molar-refractivity contribution in [3.63, 3.8) is 0 Å². The van der Waals surface area contributed by atoms with Crippen molar-refractivity contribution in [2.24, 2.45) is 0 Å². The minimum Gasteiger partial charge on any atom is -0.339 e. The number of aryl methyl sites for hydroxylation is 1. The molecule has 0 spiro atoms. The fourth-order valence-electron chi connectivity index (χ4n) is 3.01. The first-order valence-corrected chi connectivity index (χ1v) is 8.41. The van der Waals surface area contributed by atoms with E-state index in [0.717, 1.165) is 11.1 Å². The van der Waals surface area contributed by atoms with E-state index in [1.165, 1.54) is 12.1 Å². The van der Waals surface area contributed by atoms with Crippen LogP contribution in [0.4, 0.5) is 4.39 Å². The molecular formula is C20H21FN2O2. The van der Waals surface area contributed by atoms with Crippen LogP contribution in [0.15, 0.2) is 48.5 Å². The maximum Gasteiger partial charge on any atom is 0.253 e. The molecule has 1 aliphatic heterocycles. The van der Waals surface area contributed by atoms with Gasteiger partial charge in [0.1, 0.15) is 5.82 Å². The zero-order valence-corrected chi connectivity index (χ0v) is 14.2. The summed E-state index contributed by atoms with van der Waals surface area (Å²) < 4.78 is 12.9. The molecule has 0 aromatic heterocycles. The van der Waals surface area contributed by atoms with E-state index in [-0.39, 0.29) is 24.1 Å². The Morgan fingerprint density at radius 3 is 2.24 bits per heavy atom. The second-order valence-corrected chi connectivity index (χ2v) is 6.35. The average molecular weight is 340 g/mol. The van der Waals surface area contributed by atoms with Gasteiger partial charge in [0.2, 0.25) is 5.91 Å². The predicted octanol–water partition coefficient (Wildman–Crippen LogP) is 2.66. The third-order valence-electron chi connectivity index (χ3n) is 4.45. The molecule has 130 valence electrons. The summed E-state index contributed by atoms with van der Waals surface area (Å²) in [6, 6.07) is 13.5. The second-order valence-electron chi connectivity index (χ2n) is 6.35. The van der Waals surface area contributed by atoms with E-state index in [4.69, 9.17) is 0 Å². The van der Waals surface area contributed by atoms with Gasteiger partial charge in [-0.25, -0.2) is 4.39 Å². The number of rotatable bonds is 3. The number of carbonyl (C=O) groups excluding carboxylic acids is 2. The highest BCUT2D eigenvalue weighted by molar-refractivity contribution is 5.94. The number of hydrogen-bond acceptors (Lipinski definition) is 2. The van der Waals surface area contributed by atoms with Gasteiger partial charge in [0.15, 0.2) is 0 Å². The van der Waals surface area contributed by atoms with E-state index in [2.05, 4.69) is 0 Å². The van der Waals surface area contributed by atoms with Crippen LogP contribution in [0.5, 0.6) is 0 Å². The molecule has 2 amide bonds. The Hall–Kier alpha value is -2.69. The van der Waals surface area contributed by atoms with Gasteiger partial charge in [-0.1, -0.05) is 29.8 Å². The number of carbonyl (C=O) groups is 2. The number of benzene rings is 2. The van der Waals surface area contributed by atoms with Crippen molar-refractivity contribution in [1.82, 2.24) is 9.80 Å². The molecule has 1 aliphatic rings. The van der Waals surface area contributed by atoms with Crippen LogP contribution in [0.3, 0.4) is 0 Å². The monoisotopic (exact) mass is 340 g/mol. The predicted molar refractivity (Wildman–Crippen MR) is 93.8 cm³/mol. The van der Waals surface area contributed by atoms with Crippen molar-refractivity contribution in [2.75, 3.05) is 26.2 Å². The standard InChI is InChI=1S/C20H21FN2O2/c1-15-3-2-4-17(13-15)20(25)23-11-9-22(10-12-23)19(24)14-16-5-7-18(21)8-6-16/h2-8,13H,9-12,14H2,1H3. The van der Waals surface area contributed by atoms with Crippen LogP contribution >= 0.6 is 0 Å². The van der Waals surface area contributed by atoms with E-state index >= 15 is 0 Å². The van der Waals surface area contributed by atoms with Gasteiger partial charge in [0.25, 0.3) is 5.91 Å². The molecule has 0 aliphatic carbocycles. The number of halogens is 1. The Kier molecular flexibility index (Phi) is 5.12. The van der Waals surface area contributed by atoms with Crippen LogP contribution in [0.2, 0.25) is 0 Å². The third kappa shape index (κ3) is 4.24. The zero-order valence-electron chi connectivity index (χ0n) is 14.2. The van der Waals surface area contributed by atoms with E-state index in [9.17, 15) is 14.0 Å². The van der Waals surface area contributed by atoms with Crippen molar-refractivity contribution in [3.8, 4) is 0 Å². The molecule has 1 fully saturated rings. The Bertz CT molecular complexity index is 766. The molecule has 4 nitrogen and oxygen atoms in total. The van der Waals surface area contributed by atoms with Gasteiger partial charge in [-0.05, 0) is 36.8 Å². The van der Waals surface area contributed by atoms with Crippen LogP contribution in [0.1, 0.15) is 21.5 Å². The highest BCUT2D eigenvalue weighted by atomic mass is 19.1. The molecular weight excluding hydrogens is 319 g/mol. The Morgan fingerprint density at radius 1 is 0.960 bits per heavy atom. The first-order chi connectivity index (χ1) is 12.0. The lowest BCUT2D eigenvalue weighted by Crippen LogP contribution is -2.51. The minimum atomic E-state index is -0.306. The molecule has 0 atom stereocenters. The third-order valence-corrected chi connectivity index (χ3v) is 4.45. The van der Waals surface area contributed by atoms with Crippen LogP contribution < -0.4 is 0 Å². The molecule has 25 heavy (non-hydrogen) atoms. The Labute approximate surface area is 146 Å². The number of hydrogen-bond donors (Lipinski definition) is 0. The van der Waals surface area contributed by atoms with Gasteiger partial charge in [-0.15, -0.1) is 0 Å². The summed E-state index contributed by atoms with van der Waals surface area (Å²) in [6.07, 6.45) is 0.256. The van der Waals surface area contributed by atoms with E-state index < -0.39 is 0 Å². The molecule has 0 unspecified atom stereocenters. The summed E-state index contributed by atoms with van der Waals surface area (Å²) >= 11 is 0. The van der Waals surface area contributed by atoms with Gasteiger partial charge < -0.3 is 9.80 Å². The lowest BCUT2D eigenvalue weighted by molar-refractivity contribution is -0.131. The quantitative estimate of drug-likeness (QED) is 0.862. The Balaban J connectivity index is 1.55. The number of nitrogens with zero attached hydrogens (tertiary/aromatic N) is 2. The molecule has 0 N–H and O–H groups in total. The van der Waals surface area contributed by atoms with E-state index in [1.807, 2.05) is 31.2 Å². The molecule has 5 heteroatoms. The van der Waals surface area contributed by atoms with Gasteiger partial charge in [0, 0.05) is 31.7 Å². The average Bonchev–Trinajstić information content (AvgIpc) is 2.63. The number of piperazine rings is 1. The van der Waals surface area contributed by atoms with Gasteiger partial charge in [-0.2, -0.15) is 0 Å². The minimum absolute atomic E-state index is 0.00858. The topological polar surface area (TPSA) is 40.6 Å². The van der Waals surface area contributed by atoms with Crippen LogP contribution in [-0.4, -0.2) is 47.8 Å². The first kappa shape index (κ1) is 17.1. The number of amides is 2. The maximum absolute atomic E-state index is 12.9. The van der Waals surface area contributed by atoms with Crippen molar-refractivity contribution < 1.29 is 14.0 Å². The van der Waals surface area contributed by atoms with Gasteiger partial charge in [0.05, 0.1) is 6.42 Å². The molecule has 2 aromatic rings. The van der Waals surface area contributed by atoms with Crippen molar-refractivity contribution in [3.05, 3.63) is 71.0 Å². The lowest BCUT2D eigenvalue weighted by atomic mass is 10.1. The molecule has 0 radical (unpaired) electrons. The van der Waals surface area contributed by atoms with Crippen molar-refractivity contribution >= 4 is 11.8 Å². The first-order valence-electron chi connectivity index (χ1n) is 8.41. The Morgan fingerprint density at radius 2 is 1.60 bits per heavy atom. The fourth-order valence-corrected chi connectivity index (χ4v) is 3.01. The lowest BCUT2D eigenvalue weighted by Gasteiger charge is -2.35. The molecule has 0 saturated carbocycles. The largest absolute Gasteiger partial charge is 0.339 e. The summed E-state index contributed by atoms with van der Waals surface area (Å²) in [4.78, 5) is 28.5. The van der Waals surface area contributed by atoms with Crippen LogP contribution in [0.25, 0.3) is 0 Å². The normalized spacial score (nSPS) is 14.5. The maximum atomic E-state index is 12.9. The van der Waals surface area contributed by atoms with E-state index in [1.54, 1.807) is 21.9 Å². The molecule has 2 aromatic carbocycles. The smallest absolute Gasteiger partial charge is 0.253 e. The molecule has 3 rings (SSSR count). The van der Waals surface area contributed by atoms with E-state index in [0.29, 0.717) is 31.7 Å². The van der Waals surface area contributed by atoms with Gasteiger partial charge in [-0.3, -0.25) is 9.59 Å². The summed E-state index contributed by atoms with van der Waals surface area (Å²) in [5, 5.41) is 0. The summed E-state index contributed by atoms with van der Waals surface area (Å²) in [6.45, 7) is 4.07. The second kappa shape index (κ2) is 7.47. The summed E-state index contributed by atoms with van der Waals surface area (Å²) in [7, 11) is 0. The highest BCUT2D eigenvalue weighted by Crippen LogP contribution is 2.12. The SMILES string of the molecule is Cc1cccc(C(=O)N2CCN(C(=O)Cc3ccc(F)cc3)CC2)c1. The van der Waals surface area contributed by atoms with Crippen LogP contribution in [-0.2, 0) is 11.2 Å². The summed E-state index contributed by atoms with van der Waals surface area (Å²) in [5.41, 5.74) is 2.54. The fraction of sp³-hybridized carbons (Fsp3) is 0.300. The zero-order chi connectivity index (χ0) is 17.8. The van der Waals surface area contributed by atoms with Crippen molar-refractivity contribution in [2.45, 2.75) is 13.3 Å².